The monoisotopic (exact) mass is 175 g/mol. The Morgan fingerprint density at radius 1 is 1.38 bits per heavy atom. The maximum Gasteiger partial charge on any atom is 0.0399 e. The molecule has 0 aliphatic carbocycles. The largest absolute Gasteiger partial charge is 0.374 e. The molecular weight excluding hydrogens is 158 g/mol. The fourth-order valence-electron chi connectivity index (χ4n) is 2.29. The average molecular weight is 175 g/mol. The maximum atomic E-state index is 2.37. The SMILES string of the molecule is Cc1cccc2c1CC(C)CN2C. The van der Waals surface area contributed by atoms with E-state index in [4.69, 9.17) is 0 Å². The Bertz CT molecular complexity index is 317. The molecule has 0 bridgehead atoms. The molecule has 1 aliphatic heterocycles. The Labute approximate surface area is 80.4 Å². The van der Waals surface area contributed by atoms with Crippen LogP contribution in [0.25, 0.3) is 0 Å². The summed E-state index contributed by atoms with van der Waals surface area (Å²) < 4.78 is 0. The normalized spacial score (nSPS) is 21.5. The van der Waals surface area contributed by atoms with Gasteiger partial charge in [-0.05, 0) is 36.5 Å². The van der Waals surface area contributed by atoms with Gasteiger partial charge in [-0.3, -0.25) is 0 Å². The van der Waals surface area contributed by atoms with Gasteiger partial charge in [-0.15, -0.1) is 0 Å². The zero-order valence-corrected chi connectivity index (χ0v) is 8.67. The first-order chi connectivity index (χ1) is 6.18. The van der Waals surface area contributed by atoms with E-state index in [-0.39, 0.29) is 0 Å². The summed E-state index contributed by atoms with van der Waals surface area (Å²) in [6.07, 6.45) is 1.24. The first kappa shape index (κ1) is 8.61. The second-order valence-electron chi connectivity index (χ2n) is 4.26. The van der Waals surface area contributed by atoms with Gasteiger partial charge in [0.15, 0.2) is 0 Å². The lowest BCUT2D eigenvalue weighted by molar-refractivity contribution is 0.550. The number of hydrogen-bond acceptors (Lipinski definition) is 1. The first-order valence-corrected chi connectivity index (χ1v) is 4.98. The van der Waals surface area contributed by atoms with Gasteiger partial charge in [0, 0.05) is 19.3 Å². The zero-order chi connectivity index (χ0) is 9.42. The van der Waals surface area contributed by atoms with Crippen molar-refractivity contribution in [2.45, 2.75) is 20.3 Å². The standard InChI is InChI=1S/C12H17N/c1-9-7-11-10(2)5-4-6-12(11)13(3)8-9/h4-6,9H,7-8H2,1-3H3. The van der Waals surface area contributed by atoms with E-state index < -0.39 is 0 Å². The van der Waals surface area contributed by atoms with Gasteiger partial charge >= 0.3 is 0 Å². The van der Waals surface area contributed by atoms with Gasteiger partial charge in [0.05, 0.1) is 0 Å². The summed E-state index contributed by atoms with van der Waals surface area (Å²) in [5.74, 6) is 0.790. The van der Waals surface area contributed by atoms with Crippen LogP contribution in [0.15, 0.2) is 18.2 Å². The van der Waals surface area contributed by atoms with Crippen molar-refractivity contribution in [2.24, 2.45) is 5.92 Å². The molecular formula is C12H17N. The van der Waals surface area contributed by atoms with Crippen molar-refractivity contribution in [1.82, 2.24) is 0 Å². The summed E-state index contributed by atoms with van der Waals surface area (Å²) in [6, 6.07) is 6.60. The van der Waals surface area contributed by atoms with Gasteiger partial charge in [0.25, 0.3) is 0 Å². The van der Waals surface area contributed by atoms with Crippen molar-refractivity contribution < 1.29 is 0 Å². The molecule has 70 valence electrons. The molecule has 13 heavy (non-hydrogen) atoms. The third-order valence-corrected chi connectivity index (χ3v) is 2.93. The molecule has 0 saturated heterocycles. The fourth-order valence-corrected chi connectivity index (χ4v) is 2.29. The molecule has 1 aromatic rings. The molecule has 1 heteroatoms. The van der Waals surface area contributed by atoms with Crippen LogP contribution < -0.4 is 4.90 Å². The number of hydrogen-bond donors (Lipinski definition) is 0. The van der Waals surface area contributed by atoms with Crippen LogP contribution in [0, 0.1) is 12.8 Å². The third kappa shape index (κ3) is 1.43. The van der Waals surface area contributed by atoms with Crippen molar-refractivity contribution in [3.8, 4) is 0 Å². The molecule has 1 atom stereocenters. The van der Waals surface area contributed by atoms with Crippen LogP contribution in [-0.2, 0) is 6.42 Å². The summed E-state index contributed by atoms with van der Waals surface area (Å²) >= 11 is 0. The van der Waals surface area contributed by atoms with E-state index in [1.807, 2.05) is 0 Å². The Morgan fingerprint density at radius 3 is 2.92 bits per heavy atom. The highest BCUT2D eigenvalue weighted by Gasteiger charge is 2.19. The molecule has 2 rings (SSSR count). The highest BCUT2D eigenvalue weighted by molar-refractivity contribution is 5.58. The van der Waals surface area contributed by atoms with Crippen molar-refractivity contribution in [3.05, 3.63) is 29.3 Å². The van der Waals surface area contributed by atoms with Gasteiger partial charge < -0.3 is 4.90 Å². The molecule has 1 nitrogen and oxygen atoms in total. The number of aryl methyl sites for hydroxylation is 1. The minimum atomic E-state index is 0.790. The Morgan fingerprint density at radius 2 is 2.15 bits per heavy atom. The summed E-state index contributed by atoms with van der Waals surface area (Å²) in [7, 11) is 2.19. The van der Waals surface area contributed by atoms with Crippen LogP contribution in [-0.4, -0.2) is 13.6 Å². The van der Waals surface area contributed by atoms with E-state index in [0.29, 0.717) is 0 Å². The lowest BCUT2D eigenvalue weighted by atomic mass is 9.91. The molecule has 0 amide bonds. The molecule has 0 radical (unpaired) electrons. The lowest BCUT2D eigenvalue weighted by Crippen LogP contribution is -2.31. The number of anilines is 1. The molecule has 0 aromatic heterocycles. The second kappa shape index (κ2) is 3.06. The number of fused-ring (bicyclic) bond motifs is 1. The predicted octanol–water partition coefficient (Wildman–Crippen LogP) is 2.62. The smallest absolute Gasteiger partial charge is 0.0399 e. The molecule has 0 N–H and O–H groups in total. The van der Waals surface area contributed by atoms with Gasteiger partial charge in [0.1, 0.15) is 0 Å². The molecule has 0 saturated carbocycles. The van der Waals surface area contributed by atoms with E-state index in [2.05, 4.69) is 44.0 Å². The highest BCUT2D eigenvalue weighted by Crippen LogP contribution is 2.30. The Hall–Kier alpha value is -0.980. The lowest BCUT2D eigenvalue weighted by Gasteiger charge is -2.32. The summed E-state index contributed by atoms with van der Waals surface area (Å²) in [6.45, 7) is 5.73. The summed E-state index contributed by atoms with van der Waals surface area (Å²) in [5.41, 5.74) is 4.41. The number of nitrogens with zero attached hydrogens (tertiary/aromatic N) is 1. The summed E-state index contributed by atoms with van der Waals surface area (Å²) in [5, 5.41) is 0. The van der Waals surface area contributed by atoms with Crippen molar-refractivity contribution >= 4 is 5.69 Å². The zero-order valence-electron chi connectivity index (χ0n) is 8.67. The predicted molar refractivity (Wildman–Crippen MR) is 57.3 cm³/mol. The Balaban J connectivity index is 2.49. The van der Waals surface area contributed by atoms with E-state index in [0.717, 1.165) is 5.92 Å². The molecule has 0 spiro atoms. The quantitative estimate of drug-likeness (QED) is 0.586. The van der Waals surface area contributed by atoms with Crippen LogP contribution in [0.2, 0.25) is 0 Å². The van der Waals surface area contributed by atoms with Crippen LogP contribution in [0.3, 0.4) is 0 Å². The highest BCUT2D eigenvalue weighted by atomic mass is 15.1. The topological polar surface area (TPSA) is 3.24 Å². The molecule has 1 aliphatic rings. The number of rotatable bonds is 0. The summed E-state index contributed by atoms with van der Waals surface area (Å²) in [4.78, 5) is 2.37. The van der Waals surface area contributed by atoms with Gasteiger partial charge in [-0.2, -0.15) is 0 Å². The molecule has 1 unspecified atom stereocenters. The third-order valence-electron chi connectivity index (χ3n) is 2.93. The van der Waals surface area contributed by atoms with Crippen molar-refractivity contribution in [1.29, 1.82) is 0 Å². The van der Waals surface area contributed by atoms with E-state index in [1.165, 1.54) is 24.2 Å². The van der Waals surface area contributed by atoms with E-state index in [9.17, 15) is 0 Å². The minimum Gasteiger partial charge on any atom is -0.374 e. The van der Waals surface area contributed by atoms with Crippen LogP contribution in [0.1, 0.15) is 18.1 Å². The fraction of sp³-hybridized carbons (Fsp3) is 0.500. The Kier molecular flexibility index (Phi) is 2.03. The van der Waals surface area contributed by atoms with E-state index >= 15 is 0 Å². The molecule has 1 aromatic carbocycles. The van der Waals surface area contributed by atoms with Gasteiger partial charge in [-0.25, -0.2) is 0 Å². The van der Waals surface area contributed by atoms with Crippen molar-refractivity contribution in [2.75, 3.05) is 18.5 Å². The average Bonchev–Trinajstić information content (AvgIpc) is 2.07. The molecule has 1 heterocycles. The van der Waals surface area contributed by atoms with Crippen LogP contribution in [0.5, 0.6) is 0 Å². The minimum absolute atomic E-state index is 0.790. The van der Waals surface area contributed by atoms with Crippen molar-refractivity contribution in [3.63, 3.8) is 0 Å². The van der Waals surface area contributed by atoms with Crippen LogP contribution in [0.4, 0.5) is 5.69 Å². The second-order valence-corrected chi connectivity index (χ2v) is 4.26. The van der Waals surface area contributed by atoms with Gasteiger partial charge in [0.2, 0.25) is 0 Å². The van der Waals surface area contributed by atoms with E-state index in [1.54, 1.807) is 5.56 Å². The number of benzene rings is 1. The maximum absolute atomic E-state index is 2.37. The van der Waals surface area contributed by atoms with Crippen LogP contribution >= 0.6 is 0 Å². The van der Waals surface area contributed by atoms with Gasteiger partial charge in [-0.1, -0.05) is 19.1 Å². The molecule has 0 fully saturated rings. The first-order valence-electron chi connectivity index (χ1n) is 4.98.